The minimum Gasteiger partial charge on any atom is -0.456 e. The Hall–Kier alpha value is -7.02. The molecule has 56 heavy (non-hydrogen) atoms. The van der Waals surface area contributed by atoms with Gasteiger partial charge in [-0.1, -0.05) is 108 Å². The molecular formula is C48H41N7O+2. The van der Waals surface area contributed by atoms with Gasteiger partial charge in [0.2, 0.25) is 11.9 Å². The van der Waals surface area contributed by atoms with E-state index in [9.17, 15) is 0 Å². The Morgan fingerprint density at radius 1 is 0.643 bits per heavy atom. The number of rotatable bonds is 7. The second kappa shape index (κ2) is 13.7. The summed E-state index contributed by atoms with van der Waals surface area (Å²) in [5, 5.41) is 2.15. The maximum atomic E-state index is 6.96. The maximum absolute atomic E-state index is 6.96. The Morgan fingerprint density at radius 2 is 1.32 bits per heavy atom. The van der Waals surface area contributed by atoms with Crippen molar-refractivity contribution in [3.63, 3.8) is 0 Å². The Kier molecular flexibility index (Phi) is 8.48. The molecule has 0 atom stereocenters. The summed E-state index contributed by atoms with van der Waals surface area (Å²) in [6.07, 6.45) is 5.76. The van der Waals surface area contributed by atoms with Crippen molar-refractivity contribution in [1.29, 1.82) is 0 Å². The molecule has 8 aromatic rings. The average molecular weight is 732 g/mol. The van der Waals surface area contributed by atoms with E-state index in [2.05, 4.69) is 124 Å². The first-order valence-corrected chi connectivity index (χ1v) is 18.8. The highest BCUT2D eigenvalue weighted by molar-refractivity contribution is 6.11. The molecule has 8 nitrogen and oxygen atoms in total. The van der Waals surface area contributed by atoms with Crippen LogP contribution in [0.4, 0.5) is 5.69 Å². The normalized spacial score (nSPS) is 12.7. The zero-order valence-corrected chi connectivity index (χ0v) is 32.3. The third kappa shape index (κ3) is 6.57. The van der Waals surface area contributed by atoms with Crippen LogP contribution in [0.5, 0.6) is 11.5 Å². The van der Waals surface area contributed by atoms with Crippen LogP contribution in [0.3, 0.4) is 0 Å². The van der Waals surface area contributed by atoms with E-state index in [1.54, 1.807) is 0 Å². The maximum Gasteiger partial charge on any atom is 0.495 e. The molecule has 0 radical (unpaired) electrons. The number of benzene rings is 5. The van der Waals surface area contributed by atoms with Crippen LogP contribution in [0, 0.1) is 13.8 Å². The van der Waals surface area contributed by atoms with Crippen molar-refractivity contribution in [2.45, 2.75) is 40.0 Å². The van der Waals surface area contributed by atoms with Crippen LogP contribution in [-0.4, -0.2) is 46.7 Å². The second-order valence-electron chi connectivity index (χ2n) is 15.4. The van der Waals surface area contributed by atoms with E-state index >= 15 is 0 Å². The summed E-state index contributed by atoms with van der Waals surface area (Å²) in [5.41, 5.74) is 8.98. The summed E-state index contributed by atoms with van der Waals surface area (Å²) in [7, 11) is 1.95. The van der Waals surface area contributed by atoms with E-state index in [1.807, 2.05) is 77.3 Å². The number of aryl methyl sites for hydroxylation is 2. The summed E-state index contributed by atoms with van der Waals surface area (Å²) in [5.74, 6) is 3.76. The van der Waals surface area contributed by atoms with Gasteiger partial charge in [0.25, 0.3) is 6.20 Å². The van der Waals surface area contributed by atoms with E-state index < -0.39 is 0 Å². The lowest BCUT2D eigenvalue weighted by molar-refractivity contribution is -0.429. The van der Waals surface area contributed by atoms with Crippen LogP contribution in [-0.2, 0) is 5.41 Å². The fourth-order valence-corrected chi connectivity index (χ4v) is 7.04. The Balaban J connectivity index is 1.34. The van der Waals surface area contributed by atoms with Crippen LogP contribution >= 0.6 is 0 Å². The molecule has 3 aromatic heterocycles. The van der Waals surface area contributed by atoms with Crippen LogP contribution in [0.25, 0.3) is 61.8 Å². The third-order valence-electron chi connectivity index (χ3n) is 10.1. The van der Waals surface area contributed by atoms with E-state index in [4.69, 9.17) is 24.7 Å². The molecule has 0 unspecified atom stereocenters. The van der Waals surface area contributed by atoms with Crippen LogP contribution in [0.2, 0.25) is 0 Å². The van der Waals surface area contributed by atoms with Gasteiger partial charge >= 0.3 is 6.01 Å². The highest BCUT2D eigenvalue weighted by Gasteiger charge is 2.24. The van der Waals surface area contributed by atoms with Gasteiger partial charge in [-0.2, -0.15) is 0 Å². The highest BCUT2D eigenvalue weighted by atomic mass is 16.5. The van der Waals surface area contributed by atoms with Gasteiger partial charge in [0.1, 0.15) is 17.3 Å². The van der Waals surface area contributed by atoms with E-state index in [1.165, 1.54) is 5.56 Å². The zero-order chi connectivity index (χ0) is 38.6. The monoisotopic (exact) mass is 731 g/mol. The standard InChI is InChI=1S/C48H41N7O/c1-31-13-17-33(18-14-31)45-50-46(34-19-15-32(2)16-20-34)52-47(51-45)40-28-39-38-26-35(48(3,4)5)21-22-41(38)55(44-12-7-8-23-49-44)42(39)29-43(40)56-37-11-9-10-36(27-37)54-25-24-53(6)30-54/h7-29H,1-6H3/q+2. The molecule has 0 amide bonds. The average Bonchev–Trinajstić information content (AvgIpc) is 3.78. The van der Waals surface area contributed by atoms with Crippen molar-refractivity contribution in [2.24, 2.45) is 0 Å². The summed E-state index contributed by atoms with van der Waals surface area (Å²) in [4.78, 5) is 20.2. The molecule has 0 spiro atoms. The smallest absolute Gasteiger partial charge is 0.456 e. The fraction of sp³-hybridized carbons (Fsp3) is 0.146. The largest absolute Gasteiger partial charge is 0.495 e. The molecule has 0 bridgehead atoms. The first-order valence-electron chi connectivity index (χ1n) is 18.8. The third-order valence-corrected chi connectivity index (χ3v) is 10.1. The van der Waals surface area contributed by atoms with Crippen molar-refractivity contribution in [2.75, 3.05) is 7.05 Å². The first-order chi connectivity index (χ1) is 27.1. The van der Waals surface area contributed by atoms with Gasteiger partial charge in [-0.25, -0.2) is 19.9 Å². The van der Waals surface area contributed by atoms with Crippen LogP contribution < -0.4 is 4.74 Å². The van der Waals surface area contributed by atoms with E-state index in [-0.39, 0.29) is 5.41 Å². The predicted octanol–water partition coefficient (Wildman–Crippen LogP) is 11.0. The number of hydrogen-bond acceptors (Lipinski definition) is 5. The van der Waals surface area contributed by atoms with Gasteiger partial charge in [0.15, 0.2) is 24.5 Å². The molecule has 0 fully saturated rings. The minimum absolute atomic E-state index is 0.0568. The summed E-state index contributed by atoms with van der Waals surface area (Å²) in [6, 6.07) is 44.9. The number of nitrogens with zero attached hydrogens (tertiary/aromatic N) is 7. The van der Waals surface area contributed by atoms with Crippen molar-refractivity contribution in [3.8, 4) is 51.5 Å². The molecule has 0 saturated heterocycles. The summed E-state index contributed by atoms with van der Waals surface area (Å²) >= 11 is 0. The summed E-state index contributed by atoms with van der Waals surface area (Å²) in [6.45, 7) is 10.9. The molecule has 9 rings (SSSR count). The van der Waals surface area contributed by atoms with Gasteiger partial charge in [-0.3, -0.25) is 4.57 Å². The molecule has 8 heteroatoms. The van der Waals surface area contributed by atoms with E-state index in [0.717, 1.165) is 61.1 Å². The SMILES string of the molecule is Cc1ccc(-c2nc(-c3ccc(C)cc3)nc(-c3cc4c5cc(C(C)(C)C)ccc5n(-c5ccccn5)c4cc3Oc3cccc([N+]4=C=[N+](C)C=C4)c3)n2)cc1. The Morgan fingerprint density at radius 3 is 1.95 bits per heavy atom. The lowest BCUT2D eigenvalue weighted by Gasteiger charge is -2.19. The molecule has 1 aliphatic heterocycles. The molecule has 0 N–H and O–H groups in total. The highest BCUT2D eigenvalue weighted by Crippen LogP contribution is 2.42. The van der Waals surface area contributed by atoms with Gasteiger partial charge in [-0.15, -0.1) is 0 Å². The van der Waals surface area contributed by atoms with Crippen molar-refractivity contribution in [1.82, 2.24) is 24.5 Å². The zero-order valence-electron chi connectivity index (χ0n) is 32.3. The number of aromatic nitrogens is 5. The predicted molar refractivity (Wildman–Crippen MR) is 223 cm³/mol. The number of fused-ring (bicyclic) bond motifs is 3. The van der Waals surface area contributed by atoms with Crippen molar-refractivity contribution in [3.05, 3.63) is 157 Å². The molecule has 5 aromatic carbocycles. The lowest BCUT2D eigenvalue weighted by atomic mass is 9.86. The second-order valence-corrected chi connectivity index (χ2v) is 15.4. The Labute approximate surface area is 326 Å². The van der Waals surface area contributed by atoms with Crippen LogP contribution in [0.1, 0.15) is 37.5 Å². The van der Waals surface area contributed by atoms with E-state index in [0.29, 0.717) is 29.0 Å². The number of ether oxygens (including phenoxy) is 1. The first kappa shape index (κ1) is 34.7. The topological polar surface area (TPSA) is 71.7 Å². The summed E-state index contributed by atoms with van der Waals surface area (Å²) < 4.78 is 13.0. The van der Waals surface area contributed by atoms with Gasteiger partial charge in [-0.05, 0) is 61.2 Å². The number of hydrogen-bond donors (Lipinski definition) is 0. The van der Waals surface area contributed by atoms with Crippen molar-refractivity contribution >= 4 is 33.5 Å². The van der Waals surface area contributed by atoms with Gasteiger partial charge in [0, 0.05) is 40.2 Å². The fourth-order valence-electron chi connectivity index (χ4n) is 7.04. The molecule has 0 aliphatic carbocycles. The number of pyridine rings is 1. The quantitative estimate of drug-likeness (QED) is 0.153. The van der Waals surface area contributed by atoms with Crippen LogP contribution in [0.15, 0.2) is 140 Å². The van der Waals surface area contributed by atoms with Gasteiger partial charge in [0.05, 0.1) is 22.7 Å². The minimum atomic E-state index is -0.0568. The van der Waals surface area contributed by atoms with Gasteiger partial charge < -0.3 is 4.74 Å². The Bertz CT molecular complexity index is 2850. The van der Waals surface area contributed by atoms with Crippen molar-refractivity contribution < 1.29 is 13.9 Å². The lowest BCUT2D eigenvalue weighted by Crippen LogP contribution is -2.10. The molecule has 1 aliphatic rings. The molecule has 0 saturated carbocycles. The molecule has 272 valence electrons. The molecular weight excluding hydrogens is 691 g/mol. The molecule has 4 heterocycles.